The van der Waals surface area contributed by atoms with Gasteiger partial charge >= 0.3 is 0 Å². The molecule has 88 valence electrons. The molecule has 0 radical (unpaired) electrons. The monoisotopic (exact) mass is 292 g/mol. The number of hydrogen-bond donors (Lipinski definition) is 1. The first-order chi connectivity index (χ1) is 8.24. The van der Waals surface area contributed by atoms with Crippen molar-refractivity contribution in [1.82, 2.24) is 4.98 Å². The van der Waals surface area contributed by atoms with Crippen molar-refractivity contribution in [2.75, 3.05) is 7.11 Å². The third kappa shape index (κ3) is 2.65. The van der Waals surface area contributed by atoms with Crippen LogP contribution in [0.1, 0.15) is 5.69 Å². The zero-order chi connectivity index (χ0) is 12.3. The van der Waals surface area contributed by atoms with E-state index in [1.165, 1.54) is 0 Å². The number of pyridine rings is 1. The summed E-state index contributed by atoms with van der Waals surface area (Å²) < 4.78 is 6.15. The second-order valence-corrected chi connectivity index (χ2v) is 4.50. The molecule has 0 aliphatic rings. The van der Waals surface area contributed by atoms with E-state index in [4.69, 9.17) is 10.5 Å². The fourth-order valence-electron chi connectivity index (χ4n) is 1.67. The van der Waals surface area contributed by atoms with E-state index >= 15 is 0 Å². The van der Waals surface area contributed by atoms with Gasteiger partial charge in [-0.3, -0.25) is 4.98 Å². The summed E-state index contributed by atoms with van der Waals surface area (Å²) in [7, 11) is 1.65. The van der Waals surface area contributed by atoms with E-state index in [9.17, 15) is 0 Å². The van der Waals surface area contributed by atoms with E-state index in [0.717, 1.165) is 27.0 Å². The molecule has 0 saturated heterocycles. The molecule has 4 heteroatoms. The van der Waals surface area contributed by atoms with Gasteiger partial charge in [0, 0.05) is 22.8 Å². The van der Waals surface area contributed by atoms with Crippen molar-refractivity contribution >= 4 is 15.9 Å². The van der Waals surface area contributed by atoms with Crippen LogP contribution in [0.15, 0.2) is 41.0 Å². The molecule has 0 aliphatic carbocycles. The number of nitrogens with two attached hydrogens (primary N) is 1. The highest BCUT2D eigenvalue weighted by Gasteiger charge is 2.07. The lowest BCUT2D eigenvalue weighted by molar-refractivity contribution is 0.415. The second kappa shape index (κ2) is 5.29. The predicted octanol–water partition coefficient (Wildman–Crippen LogP) is 2.98. The number of halogens is 1. The lowest BCUT2D eigenvalue weighted by atomic mass is 10.0. The number of nitrogens with zero attached hydrogens (tertiary/aromatic N) is 1. The van der Waals surface area contributed by atoms with Gasteiger partial charge in [0.05, 0.1) is 12.8 Å². The third-order valence-electron chi connectivity index (χ3n) is 2.51. The molecular formula is C13H13BrN2O. The quantitative estimate of drug-likeness (QED) is 0.946. The second-order valence-electron chi connectivity index (χ2n) is 3.58. The maximum Gasteiger partial charge on any atom is 0.119 e. The zero-order valence-electron chi connectivity index (χ0n) is 9.48. The Morgan fingerprint density at radius 2 is 2.18 bits per heavy atom. The van der Waals surface area contributed by atoms with E-state index < -0.39 is 0 Å². The van der Waals surface area contributed by atoms with E-state index in [1.54, 1.807) is 13.3 Å². The van der Waals surface area contributed by atoms with Crippen molar-refractivity contribution < 1.29 is 4.74 Å². The minimum absolute atomic E-state index is 0.416. The van der Waals surface area contributed by atoms with Crippen LogP contribution in [0.5, 0.6) is 5.75 Å². The molecule has 0 aliphatic heterocycles. The van der Waals surface area contributed by atoms with Crippen LogP contribution in [-0.4, -0.2) is 12.1 Å². The normalized spacial score (nSPS) is 10.3. The number of ether oxygens (including phenoxy) is 1. The van der Waals surface area contributed by atoms with Crippen LogP contribution < -0.4 is 10.5 Å². The summed E-state index contributed by atoms with van der Waals surface area (Å²) in [6.45, 7) is 0.416. The minimum Gasteiger partial charge on any atom is -0.497 e. The average molecular weight is 293 g/mol. The van der Waals surface area contributed by atoms with Crippen LogP contribution in [0.4, 0.5) is 0 Å². The predicted molar refractivity (Wildman–Crippen MR) is 71.8 cm³/mol. The summed E-state index contributed by atoms with van der Waals surface area (Å²) in [6.07, 6.45) is 1.76. The Morgan fingerprint density at radius 3 is 2.88 bits per heavy atom. The van der Waals surface area contributed by atoms with E-state index in [0.29, 0.717) is 6.54 Å². The number of methoxy groups -OCH3 is 1. The molecule has 2 N–H and O–H groups in total. The maximum atomic E-state index is 5.70. The highest BCUT2D eigenvalue weighted by atomic mass is 79.9. The topological polar surface area (TPSA) is 48.1 Å². The lowest BCUT2D eigenvalue weighted by Gasteiger charge is -2.09. The Kier molecular flexibility index (Phi) is 3.76. The van der Waals surface area contributed by atoms with Gasteiger partial charge in [0.25, 0.3) is 0 Å². The summed E-state index contributed by atoms with van der Waals surface area (Å²) in [5, 5.41) is 0. The summed E-state index contributed by atoms with van der Waals surface area (Å²) in [6, 6.07) is 9.88. The number of rotatable bonds is 3. The van der Waals surface area contributed by atoms with Crippen LogP contribution in [0.2, 0.25) is 0 Å². The first kappa shape index (κ1) is 12.1. The molecule has 0 bridgehead atoms. The van der Waals surface area contributed by atoms with E-state index in [2.05, 4.69) is 20.9 Å². The Morgan fingerprint density at radius 1 is 1.35 bits per heavy atom. The van der Waals surface area contributed by atoms with Crippen LogP contribution in [0.25, 0.3) is 11.1 Å². The SMILES string of the molecule is COc1cccc(-c2cc(Br)cnc2CN)c1. The fraction of sp³-hybridized carbons (Fsp3) is 0.154. The molecule has 2 aromatic rings. The molecule has 0 saturated carbocycles. The van der Waals surface area contributed by atoms with Gasteiger partial charge in [-0.15, -0.1) is 0 Å². The molecular weight excluding hydrogens is 280 g/mol. The zero-order valence-corrected chi connectivity index (χ0v) is 11.1. The third-order valence-corrected chi connectivity index (χ3v) is 2.94. The van der Waals surface area contributed by atoms with Crippen LogP contribution in [0.3, 0.4) is 0 Å². The van der Waals surface area contributed by atoms with Crippen LogP contribution in [-0.2, 0) is 6.54 Å². The maximum absolute atomic E-state index is 5.70. The van der Waals surface area contributed by atoms with Gasteiger partial charge in [0.15, 0.2) is 0 Å². The first-order valence-corrected chi connectivity index (χ1v) is 6.03. The number of benzene rings is 1. The summed E-state index contributed by atoms with van der Waals surface area (Å²) in [5.74, 6) is 0.824. The van der Waals surface area contributed by atoms with Gasteiger partial charge in [-0.05, 0) is 39.7 Å². The molecule has 0 spiro atoms. The van der Waals surface area contributed by atoms with Gasteiger partial charge in [0.2, 0.25) is 0 Å². The summed E-state index contributed by atoms with van der Waals surface area (Å²) >= 11 is 3.42. The first-order valence-electron chi connectivity index (χ1n) is 5.23. The van der Waals surface area contributed by atoms with Gasteiger partial charge in [0.1, 0.15) is 5.75 Å². The largest absolute Gasteiger partial charge is 0.497 e. The van der Waals surface area contributed by atoms with Gasteiger partial charge in [-0.1, -0.05) is 12.1 Å². The molecule has 1 aromatic heterocycles. The van der Waals surface area contributed by atoms with Crippen molar-refractivity contribution in [1.29, 1.82) is 0 Å². The van der Waals surface area contributed by atoms with Gasteiger partial charge in [-0.25, -0.2) is 0 Å². The van der Waals surface area contributed by atoms with Gasteiger partial charge < -0.3 is 10.5 Å². The van der Waals surface area contributed by atoms with Crippen molar-refractivity contribution in [3.8, 4) is 16.9 Å². The minimum atomic E-state index is 0.416. The van der Waals surface area contributed by atoms with Gasteiger partial charge in [-0.2, -0.15) is 0 Å². The summed E-state index contributed by atoms with van der Waals surface area (Å²) in [4.78, 5) is 4.32. The van der Waals surface area contributed by atoms with Crippen molar-refractivity contribution in [2.45, 2.75) is 6.54 Å². The highest BCUT2D eigenvalue weighted by molar-refractivity contribution is 9.10. The number of hydrogen-bond acceptors (Lipinski definition) is 3. The van der Waals surface area contributed by atoms with E-state index in [-0.39, 0.29) is 0 Å². The Hall–Kier alpha value is -1.39. The Balaban J connectivity index is 2.54. The van der Waals surface area contributed by atoms with Crippen molar-refractivity contribution in [2.24, 2.45) is 5.73 Å². The number of aromatic nitrogens is 1. The van der Waals surface area contributed by atoms with Crippen LogP contribution >= 0.6 is 15.9 Å². The molecule has 1 aromatic carbocycles. The van der Waals surface area contributed by atoms with Crippen molar-refractivity contribution in [3.63, 3.8) is 0 Å². The Bertz CT molecular complexity index is 529. The molecule has 2 rings (SSSR count). The average Bonchev–Trinajstić information content (AvgIpc) is 2.39. The lowest BCUT2D eigenvalue weighted by Crippen LogP contribution is -2.02. The standard InChI is InChI=1S/C13H13BrN2O/c1-17-11-4-2-3-9(5-11)12-6-10(14)8-16-13(12)7-15/h2-6,8H,7,15H2,1H3. The highest BCUT2D eigenvalue weighted by Crippen LogP contribution is 2.28. The van der Waals surface area contributed by atoms with Crippen molar-refractivity contribution in [3.05, 3.63) is 46.7 Å². The molecule has 0 fully saturated rings. The summed E-state index contributed by atoms with van der Waals surface area (Å²) in [5.41, 5.74) is 8.66. The molecule has 17 heavy (non-hydrogen) atoms. The fourth-order valence-corrected chi connectivity index (χ4v) is 2.00. The molecule has 0 unspecified atom stereocenters. The smallest absolute Gasteiger partial charge is 0.119 e. The van der Waals surface area contributed by atoms with E-state index in [1.807, 2.05) is 30.3 Å². The molecule has 0 amide bonds. The molecule has 1 heterocycles. The Labute approximate surface area is 109 Å². The molecule has 3 nitrogen and oxygen atoms in total. The van der Waals surface area contributed by atoms with Crippen LogP contribution in [0, 0.1) is 0 Å². The molecule has 0 atom stereocenters.